The lowest BCUT2D eigenvalue weighted by Crippen LogP contribution is -2.28. The van der Waals surface area contributed by atoms with Gasteiger partial charge < -0.3 is 10.5 Å². The Hall–Kier alpha value is -3.73. The highest BCUT2D eigenvalue weighted by Crippen LogP contribution is 2.34. The zero-order chi connectivity index (χ0) is 20.0. The molecule has 0 amide bonds. The lowest BCUT2D eigenvalue weighted by atomic mass is 9.83. The number of ether oxygens (including phenoxy) is 1. The summed E-state index contributed by atoms with van der Waals surface area (Å²) in [6.45, 7) is 0. The summed E-state index contributed by atoms with van der Waals surface area (Å²) in [6.07, 6.45) is 1.93. The molecule has 2 N–H and O–H groups in total. The van der Waals surface area contributed by atoms with Crippen LogP contribution in [0.2, 0.25) is 0 Å². The highest BCUT2D eigenvalue weighted by Gasteiger charge is 2.33. The molecule has 0 aliphatic heterocycles. The van der Waals surface area contributed by atoms with Crippen molar-refractivity contribution in [3.8, 4) is 11.1 Å². The first-order chi connectivity index (χ1) is 13.6. The van der Waals surface area contributed by atoms with Crippen LogP contribution in [0.3, 0.4) is 0 Å². The maximum Gasteiger partial charge on any atom is 0.337 e. The summed E-state index contributed by atoms with van der Waals surface area (Å²) in [5, 5.41) is 0. The Morgan fingerprint density at radius 1 is 0.929 bits per heavy atom. The zero-order valence-electron chi connectivity index (χ0n) is 15.4. The van der Waals surface area contributed by atoms with E-state index in [1.54, 1.807) is 18.2 Å². The molecule has 1 atom stereocenters. The van der Waals surface area contributed by atoms with Gasteiger partial charge in [-0.3, -0.25) is 9.79 Å². The molecular weight excluding hydrogens is 352 g/mol. The van der Waals surface area contributed by atoms with Gasteiger partial charge in [0.2, 0.25) is 0 Å². The SMILES string of the molecule is COC(=O)c1cccc(-c2cccc(C(C=O)(N=CN)c3ccccc3)c2)c1. The molecule has 1 unspecified atom stereocenters. The number of aldehydes is 1. The Morgan fingerprint density at radius 3 is 2.21 bits per heavy atom. The average molecular weight is 372 g/mol. The van der Waals surface area contributed by atoms with Gasteiger partial charge in [-0.1, -0.05) is 60.7 Å². The number of aliphatic imine (C=N–C) groups is 1. The van der Waals surface area contributed by atoms with Gasteiger partial charge in [0.15, 0.2) is 11.8 Å². The van der Waals surface area contributed by atoms with Gasteiger partial charge in [-0.25, -0.2) is 4.79 Å². The van der Waals surface area contributed by atoms with E-state index in [0.717, 1.165) is 23.8 Å². The van der Waals surface area contributed by atoms with Crippen molar-refractivity contribution in [2.24, 2.45) is 10.7 Å². The summed E-state index contributed by atoms with van der Waals surface area (Å²) in [7, 11) is 1.35. The highest BCUT2D eigenvalue weighted by molar-refractivity contribution is 5.91. The molecule has 5 nitrogen and oxygen atoms in total. The number of rotatable bonds is 6. The van der Waals surface area contributed by atoms with Crippen LogP contribution < -0.4 is 5.73 Å². The second-order valence-electron chi connectivity index (χ2n) is 6.18. The molecule has 0 aromatic heterocycles. The number of benzene rings is 3. The summed E-state index contributed by atoms with van der Waals surface area (Å²) < 4.78 is 4.79. The molecule has 0 bridgehead atoms. The molecule has 140 valence electrons. The van der Waals surface area contributed by atoms with E-state index in [1.165, 1.54) is 7.11 Å². The third-order valence-electron chi connectivity index (χ3n) is 4.58. The van der Waals surface area contributed by atoms with Gasteiger partial charge in [0.25, 0.3) is 0 Å². The van der Waals surface area contributed by atoms with Crippen molar-refractivity contribution < 1.29 is 14.3 Å². The zero-order valence-corrected chi connectivity index (χ0v) is 15.4. The van der Waals surface area contributed by atoms with Crippen LogP contribution in [0.15, 0.2) is 83.9 Å². The summed E-state index contributed by atoms with van der Waals surface area (Å²) >= 11 is 0. The number of nitrogens with two attached hydrogens (primary N) is 1. The van der Waals surface area contributed by atoms with Crippen LogP contribution in [0.4, 0.5) is 0 Å². The number of hydrogen-bond acceptors (Lipinski definition) is 4. The molecule has 5 heteroatoms. The van der Waals surface area contributed by atoms with E-state index in [-0.39, 0.29) is 0 Å². The Balaban J connectivity index is 2.14. The summed E-state index contributed by atoms with van der Waals surface area (Å²) in [5.41, 5.74) is 7.86. The van der Waals surface area contributed by atoms with E-state index in [0.29, 0.717) is 16.7 Å². The van der Waals surface area contributed by atoms with Crippen LogP contribution in [-0.4, -0.2) is 25.7 Å². The molecule has 3 aromatic carbocycles. The van der Waals surface area contributed by atoms with Crippen molar-refractivity contribution in [3.63, 3.8) is 0 Å². The van der Waals surface area contributed by atoms with Crippen LogP contribution >= 0.6 is 0 Å². The molecule has 0 heterocycles. The van der Waals surface area contributed by atoms with Gasteiger partial charge in [0.05, 0.1) is 19.0 Å². The average Bonchev–Trinajstić information content (AvgIpc) is 2.77. The van der Waals surface area contributed by atoms with E-state index < -0.39 is 11.5 Å². The lowest BCUT2D eigenvalue weighted by molar-refractivity contribution is -0.111. The fourth-order valence-electron chi connectivity index (χ4n) is 3.17. The smallest absolute Gasteiger partial charge is 0.337 e. The third kappa shape index (κ3) is 3.55. The van der Waals surface area contributed by atoms with Crippen molar-refractivity contribution in [2.45, 2.75) is 5.54 Å². The quantitative estimate of drug-likeness (QED) is 0.310. The van der Waals surface area contributed by atoms with Crippen LogP contribution in [0.5, 0.6) is 0 Å². The molecule has 0 saturated carbocycles. The Bertz CT molecular complexity index is 1020. The molecule has 0 radical (unpaired) electrons. The lowest BCUT2D eigenvalue weighted by Gasteiger charge is -2.25. The second-order valence-corrected chi connectivity index (χ2v) is 6.18. The maximum atomic E-state index is 12.2. The maximum absolute atomic E-state index is 12.2. The van der Waals surface area contributed by atoms with E-state index >= 15 is 0 Å². The minimum atomic E-state index is -1.24. The van der Waals surface area contributed by atoms with Gasteiger partial charge in [-0.15, -0.1) is 0 Å². The van der Waals surface area contributed by atoms with Crippen LogP contribution in [0.1, 0.15) is 21.5 Å². The molecule has 3 aromatic rings. The Kier molecular flexibility index (Phi) is 5.65. The summed E-state index contributed by atoms with van der Waals surface area (Å²) in [5.74, 6) is -0.405. The van der Waals surface area contributed by atoms with Crippen LogP contribution in [0, 0.1) is 0 Å². The molecule has 0 aliphatic rings. The monoisotopic (exact) mass is 372 g/mol. The molecular formula is C23H20N2O3. The van der Waals surface area contributed by atoms with Crippen molar-refractivity contribution in [1.82, 2.24) is 0 Å². The van der Waals surface area contributed by atoms with Crippen LogP contribution in [-0.2, 0) is 15.1 Å². The van der Waals surface area contributed by atoms with Crippen molar-refractivity contribution >= 4 is 18.6 Å². The van der Waals surface area contributed by atoms with E-state index in [1.807, 2.05) is 60.7 Å². The van der Waals surface area contributed by atoms with E-state index in [4.69, 9.17) is 10.5 Å². The first kappa shape index (κ1) is 19.0. The number of methoxy groups -OCH3 is 1. The van der Waals surface area contributed by atoms with Crippen molar-refractivity contribution in [2.75, 3.05) is 7.11 Å². The number of esters is 1. The van der Waals surface area contributed by atoms with Gasteiger partial charge in [-0.05, 0) is 40.5 Å². The van der Waals surface area contributed by atoms with Gasteiger partial charge in [0.1, 0.15) is 0 Å². The van der Waals surface area contributed by atoms with E-state index in [2.05, 4.69) is 4.99 Å². The topological polar surface area (TPSA) is 81.8 Å². The predicted molar refractivity (Wildman–Crippen MR) is 109 cm³/mol. The number of nitrogens with zero attached hydrogens (tertiary/aromatic N) is 1. The number of carbonyl (C=O) groups excluding carboxylic acids is 2. The molecule has 0 aliphatic carbocycles. The Morgan fingerprint density at radius 2 is 1.57 bits per heavy atom. The normalized spacial score (nSPS) is 13.0. The minimum Gasteiger partial charge on any atom is -0.465 e. The second kappa shape index (κ2) is 8.31. The largest absolute Gasteiger partial charge is 0.465 e. The molecule has 0 saturated heterocycles. The first-order valence-electron chi connectivity index (χ1n) is 8.71. The van der Waals surface area contributed by atoms with Crippen LogP contribution in [0.25, 0.3) is 11.1 Å². The number of carbonyl (C=O) groups is 2. The van der Waals surface area contributed by atoms with Crippen molar-refractivity contribution in [3.05, 3.63) is 95.6 Å². The number of hydrogen-bond donors (Lipinski definition) is 1. The van der Waals surface area contributed by atoms with Gasteiger partial charge >= 0.3 is 5.97 Å². The summed E-state index contributed by atoms with van der Waals surface area (Å²) in [4.78, 5) is 28.4. The van der Waals surface area contributed by atoms with Crippen molar-refractivity contribution in [1.29, 1.82) is 0 Å². The van der Waals surface area contributed by atoms with E-state index in [9.17, 15) is 9.59 Å². The summed E-state index contributed by atoms with van der Waals surface area (Å²) in [6, 6.07) is 23.9. The fraction of sp³-hybridized carbons (Fsp3) is 0.0870. The Labute approximate surface area is 163 Å². The highest BCUT2D eigenvalue weighted by atomic mass is 16.5. The van der Waals surface area contributed by atoms with Gasteiger partial charge in [0, 0.05) is 0 Å². The fourth-order valence-corrected chi connectivity index (χ4v) is 3.17. The standard InChI is InChI=1S/C23H20N2O3/c1-28-22(27)19-9-5-7-17(13-19)18-8-6-12-21(14-18)23(15-26,25-16-24)20-10-3-2-4-11-20/h2-16H,1H3,(H2,24,25). The molecule has 0 fully saturated rings. The third-order valence-corrected chi connectivity index (χ3v) is 4.58. The van der Waals surface area contributed by atoms with Gasteiger partial charge in [-0.2, -0.15) is 0 Å². The predicted octanol–water partition coefficient (Wildman–Crippen LogP) is 3.57. The molecule has 0 spiro atoms. The molecule has 3 rings (SSSR count). The minimum absolute atomic E-state index is 0.405. The first-order valence-corrected chi connectivity index (χ1v) is 8.71. The molecule has 28 heavy (non-hydrogen) atoms.